The van der Waals surface area contributed by atoms with Crippen LogP contribution < -0.4 is 11.1 Å². The van der Waals surface area contributed by atoms with E-state index in [0.29, 0.717) is 6.54 Å². The normalized spacial score (nSPS) is 12.6. The summed E-state index contributed by atoms with van der Waals surface area (Å²) in [7, 11) is 0. The molecule has 1 aromatic heterocycles. The van der Waals surface area contributed by atoms with E-state index in [4.69, 9.17) is 5.73 Å². The minimum absolute atomic E-state index is 0.274. The molecule has 4 heteroatoms. The first-order valence-corrected chi connectivity index (χ1v) is 5.84. The molecule has 1 aromatic carbocycles. The van der Waals surface area contributed by atoms with Crippen molar-refractivity contribution < 1.29 is 0 Å². The smallest absolute Gasteiger partial charge is 0.0645 e. The van der Waals surface area contributed by atoms with Gasteiger partial charge in [-0.2, -0.15) is 5.10 Å². The maximum absolute atomic E-state index is 5.47. The summed E-state index contributed by atoms with van der Waals surface area (Å²) in [6.07, 6.45) is 3.94. The number of nitrogens with zero attached hydrogens (tertiary/aromatic N) is 2. The van der Waals surface area contributed by atoms with Gasteiger partial charge in [-0.3, -0.25) is 0 Å². The lowest BCUT2D eigenvalue weighted by Gasteiger charge is -2.10. The molecule has 1 unspecified atom stereocenters. The predicted octanol–water partition coefficient (Wildman–Crippen LogP) is 1.48. The van der Waals surface area contributed by atoms with Gasteiger partial charge < -0.3 is 11.1 Å². The van der Waals surface area contributed by atoms with Gasteiger partial charge in [0.1, 0.15) is 0 Å². The third-order valence-corrected chi connectivity index (χ3v) is 2.72. The molecule has 0 fully saturated rings. The summed E-state index contributed by atoms with van der Waals surface area (Å²) in [4.78, 5) is 0. The third-order valence-electron chi connectivity index (χ3n) is 2.72. The quantitative estimate of drug-likeness (QED) is 0.818. The Labute approximate surface area is 101 Å². The summed E-state index contributed by atoms with van der Waals surface area (Å²) in [6, 6.07) is 10.4. The van der Waals surface area contributed by atoms with Gasteiger partial charge in [-0.25, -0.2) is 4.68 Å². The van der Waals surface area contributed by atoms with E-state index in [1.54, 1.807) is 0 Å². The van der Waals surface area contributed by atoms with Crippen LogP contribution in [0.4, 0.5) is 0 Å². The molecular weight excluding hydrogens is 212 g/mol. The molecule has 90 valence electrons. The van der Waals surface area contributed by atoms with Gasteiger partial charge in [0.05, 0.1) is 11.9 Å². The second kappa shape index (κ2) is 5.61. The van der Waals surface area contributed by atoms with Crippen LogP contribution in [0.25, 0.3) is 5.69 Å². The first kappa shape index (κ1) is 11.8. The molecule has 0 saturated carbocycles. The standard InChI is InChI=1S/C13H18N4/c1-11(15-8-7-14)12-9-16-17(10-12)13-5-3-2-4-6-13/h2-6,9-11,15H,7-8,14H2,1H3. The zero-order valence-electron chi connectivity index (χ0n) is 10.0. The zero-order valence-corrected chi connectivity index (χ0v) is 10.0. The minimum Gasteiger partial charge on any atom is -0.329 e. The van der Waals surface area contributed by atoms with Gasteiger partial charge in [0, 0.05) is 30.9 Å². The lowest BCUT2D eigenvalue weighted by atomic mass is 10.2. The van der Waals surface area contributed by atoms with Crippen LogP contribution in [0.1, 0.15) is 18.5 Å². The Morgan fingerprint density at radius 2 is 2.12 bits per heavy atom. The molecule has 0 aliphatic rings. The maximum Gasteiger partial charge on any atom is 0.0645 e. The molecule has 0 saturated heterocycles. The van der Waals surface area contributed by atoms with Crippen LogP contribution in [0, 0.1) is 0 Å². The van der Waals surface area contributed by atoms with Crippen LogP contribution >= 0.6 is 0 Å². The number of hydrogen-bond donors (Lipinski definition) is 2. The lowest BCUT2D eigenvalue weighted by molar-refractivity contribution is 0.582. The fourth-order valence-corrected chi connectivity index (χ4v) is 1.70. The minimum atomic E-state index is 0.274. The van der Waals surface area contributed by atoms with E-state index in [0.717, 1.165) is 12.2 Å². The zero-order chi connectivity index (χ0) is 12.1. The molecule has 0 bridgehead atoms. The lowest BCUT2D eigenvalue weighted by Crippen LogP contribution is -2.25. The Balaban J connectivity index is 2.11. The van der Waals surface area contributed by atoms with Gasteiger partial charge in [-0.1, -0.05) is 18.2 Å². The van der Waals surface area contributed by atoms with Crippen molar-refractivity contribution >= 4 is 0 Å². The van der Waals surface area contributed by atoms with E-state index in [1.807, 2.05) is 47.4 Å². The topological polar surface area (TPSA) is 55.9 Å². The van der Waals surface area contributed by atoms with E-state index >= 15 is 0 Å². The van der Waals surface area contributed by atoms with Gasteiger partial charge in [0.15, 0.2) is 0 Å². The number of benzene rings is 1. The van der Waals surface area contributed by atoms with Crippen LogP contribution in [0.5, 0.6) is 0 Å². The van der Waals surface area contributed by atoms with Gasteiger partial charge >= 0.3 is 0 Å². The van der Waals surface area contributed by atoms with Crippen molar-refractivity contribution in [2.75, 3.05) is 13.1 Å². The summed E-state index contributed by atoms with van der Waals surface area (Å²) in [5.74, 6) is 0. The summed E-state index contributed by atoms with van der Waals surface area (Å²) >= 11 is 0. The highest BCUT2D eigenvalue weighted by Gasteiger charge is 2.07. The third kappa shape index (κ3) is 2.93. The molecule has 2 rings (SSSR count). The summed E-state index contributed by atoms with van der Waals surface area (Å²) in [5.41, 5.74) is 7.71. The fourth-order valence-electron chi connectivity index (χ4n) is 1.70. The number of nitrogens with two attached hydrogens (primary N) is 1. The van der Waals surface area contributed by atoms with Gasteiger partial charge in [-0.05, 0) is 19.1 Å². The van der Waals surface area contributed by atoms with E-state index < -0.39 is 0 Å². The predicted molar refractivity (Wildman–Crippen MR) is 69.0 cm³/mol. The van der Waals surface area contributed by atoms with Crippen LogP contribution in [-0.2, 0) is 0 Å². The van der Waals surface area contributed by atoms with Crippen molar-refractivity contribution in [2.45, 2.75) is 13.0 Å². The second-order valence-corrected chi connectivity index (χ2v) is 4.02. The number of para-hydroxylation sites is 1. The molecule has 2 aromatic rings. The van der Waals surface area contributed by atoms with Crippen molar-refractivity contribution in [3.63, 3.8) is 0 Å². The van der Waals surface area contributed by atoms with E-state index in [9.17, 15) is 0 Å². The van der Waals surface area contributed by atoms with Crippen molar-refractivity contribution in [3.8, 4) is 5.69 Å². The van der Waals surface area contributed by atoms with E-state index in [2.05, 4.69) is 17.3 Å². The van der Waals surface area contributed by atoms with Crippen LogP contribution in [0.2, 0.25) is 0 Å². The Morgan fingerprint density at radius 3 is 2.82 bits per heavy atom. The Kier molecular flexibility index (Phi) is 3.90. The molecule has 0 spiro atoms. The first-order valence-electron chi connectivity index (χ1n) is 5.84. The average Bonchev–Trinajstić information content (AvgIpc) is 2.86. The van der Waals surface area contributed by atoms with Crippen molar-refractivity contribution in [1.29, 1.82) is 0 Å². The van der Waals surface area contributed by atoms with Crippen molar-refractivity contribution in [1.82, 2.24) is 15.1 Å². The Bertz CT molecular complexity index is 449. The summed E-state index contributed by atoms with van der Waals surface area (Å²) in [5, 5.41) is 7.70. The number of rotatable bonds is 5. The summed E-state index contributed by atoms with van der Waals surface area (Å²) < 4.78 is 1.88. The van der Waals surface area contributed by atoms with Crippen molar-refractivity contribution in [3.05, 3.63) is 48.3 Å². The first-order chi connectivity index (χ1) is 8.31. The molecular formula is C13H18N4. The van der Waals surface area contributed by atoms with Crippen LogP contribution in [0.15, 0.2) is 42.7 Å². The highest BCUT2D eigenvalue weighted by molar-refractivity contribution is 5.31. The molecule has 4 nitrogen and oxygen atoms in total. The van der Waals surface area contributed by atoms with E-state index in [1.165, 1.54) is 5.56 Å². The number of nitrogens with one attached hydrogen (secondary N) is 1. The molecule has 0 amide bonds. The highest BCUT2D eigenvalue weighted by atomic mass is 15.3. The fraction of sp³-hybridized carbons (Fsp3) is 0.308. The van der Waals surface area contributed by atoms with Gasteiger partial charge in [0.25, 0.3) is 0 Å². The van der Waals surface area contributed by atoms with Gasteiger partial charge in [-0.15, -0.1) is 0 Å². The second-order valence-electron chi connectivity index (χ2n) is 4.02. The molecule has 0 aliphatic carbocycles. The molecule has 0 aliphatic heterocycles. The average molecular weight is 230 g/mol. The number of aromatic nitrogens is 2. The van der Waals surface area contributed by atoms with Crippen LogP contribution in [0.3, 0.4) is 0 Å². The molecule has 0 radical (unpaired) electrons. The molecule has 3 N–H and O–H groups in total. The number of hydrogen-bond acceptors (Lipinski definition) is 3. The van der Waals surface area contributed by atoms with E-state index in [-0.39, 0.29) is 6.04 Å². The SMILES string of the molecule is CC(NCCN)c1cnn(-c2ccccc2)c1. The summed E-state index contributed by atoms with van der Waals surface area (Å²) in [6.45, 7) is 3.58. The maximum atomic E-state index is 5.47. The molecule has 1 atom stereocenters. The largest absolute Gasteiger partial charge is 0.329 e. The van der Waals surface area contributed by atoms with Crippen molar-refractivity contribution in [2.24, 2.45) is 5.73 Å². The van der Waals surface area contributed by atoms with Crippen LogP contribution in [-0.4, -0.2) is 22.9 Å². The molecule has 1 heterocycles. The Hall–Kier alpha value is -1.65. The highest BCUT2D eigenvalue weighted by Crippen LogP contribution is 2.13. The molecule has 17 heavy (non-hydrogen) atoms. The van der Waals surface area contributed by atoms with Gasteiger partial charge in [0.2, 0.25) is 0 Å². The monoisotopic (exact) mass is 230 g/mol. The Morgan fingerprint density at radius 1 is 1.35 bits per heavy atom.